The first kappa shape index (κ1) is 28.4. The third-order valence-corrected chi connectivity index (χ3v) is 9.21. The molecule has 0 saturated heterocycles. The summed E-state index contributed by atoms with van der Waals surface area (Å²) in [6.45, 7) is 6.15. The number of hydrogen-bond acceptors (Lipinski definition) is 1. The average molecular weight is 580 g/mol. The van der Waals surface area contributed by atoms with Crippen molar-refractivity contribution in [2.45, 2.75) is 18.8 Å². The van der Waals surface area contributed by atoms with Gasteiger partial charge in [-0.15, -0.1) is 0 Å². The maximum absolute atomic E-state index is 4.10. The van der Waals surface area contributed by atoms with E-state index in [9.17, 15) is 0 Å². The molecule has 1 atom stereocenters. The summed E-state index contributed by atoms with van der Waals surface area (Å²) in [5, 5.41) is 0. The first-order valence-electron chi connectivity index (χ1n) is 15.7. The zero-order valence-corrected chi connectivity index (χ0v) is 25.9. The highest BCUT2D eigenvalue weighted by molar-refractivity contribution is 5.86. The molecule has 0 bridgehead atoms. The quantitative estimate of drug-likeness (QED) is 0.162. The SMILES string of the molecule is C=C(C)/C=C\c1ccccc1CC1(c2ccccc2)c2ccccc2-c2ccc(N(C)c3ccc(-c4ccccc4)cc3)cc21. The summed E-state index contributed by atoms with van der Waals surface area (Å²) < 4.78 is 0. The highest BCUT2D eigenvalue weighted by Crippen LogP contribution is 2.55. The van der Waals surface area contributed by atoms with Crippen LogP contribution in [-0.2, 0) is 11.8 Å². The number of anilines is 2. The van der Waals surface area contributed by atoms with Crippen molar-refractivity contribution in [1.29, 1.82) is 0 Å². The summed E-state index contributed by atoms with van der Waals surface area (Å²) in [5.41, 5.74) is 14.7. The second-order valence-corrected chi connectivity index (χ2v) is 12.1. The largest absolute Gasteiger partial charge is 0.345 e. The van der Waals surface area contributed by atoms with Gasteiger partial charge in [-0.05, 0) is 87.7 Å². The standard InChI is InChI=1S/C44H37N/c1-32(2)22-23-34-16-10-11-17-36(34)31-44(37-18-8-5-9-19-37)42-21-13-12-20-40(42)41-29-28-39(30-43(41)44)45(3)38-26-24-35(25-27-38)33-14-6-4-7-15-33/h4-30H,1,31H2,2-3H3/b23-22-. The lowest BCUT2D eigenvalue weighted by Gasteiger charge is -2.34. The molecule has 6 aromatic rings. The minimum atomic E-state index is -0.353. The second kappa shape index (κ2) is 11.9. The number of benzene rings is 6. The van der Waals surface area contributed by atoms with Gasteiger partial charge in [-0.25, -0.2) is 0 Å². The molecule has 0 saturated carbocycles. The lowest BCUT2D eigenvalue weighted by molar-refractivity contribution is 0.629. The number of allylic oxidation sites excluding steroid dienone is 2. The van der Waals surface area contributed by atoms with Gasteiger partial charge in [-0.1, -0.05) is 152 Å². The molecule has 0 aromatic heterocycles. The monoisotopic (exact) mass is 579 g/mol. The molecular weight excluding hydrogens is 542 g/mol. The van der Waals surface area contributed by atoms with Crippen LogP contribution in [0.4, 0.5) is 11.4 Å². The molecule has 0 fully saturated rings. The summed E-state index contributed by atoms with van der Waals surface area (Å²) in [7, 11) is 2.17. The van der Waals surface area contributed by atoms with E-state index in [0.717, 1.165) is 17.7 Å². The zero-order chi connectivity index (χ0) is 30.8. The summed E-state index contributed by atoms with van der Waals surface area (Å²) in [5.74, 6) is 0. The van der Waals surface area contributed by atoms with Crippen molar-refractivity contribution in [3.63, 3.8) is 0 Å². The van der Waals surface area contributed by atoms with Crippen molar-refractivity contribution in [2.75, 3.05) is 11.9 Å². The fourth-order valence-electron chi connectivity index (χ4n) is 6.92. The average Bonchev–Trinajstić information content (AvgIpc) is 3.38. The maximum Gasteiger partial charge on any atom is 0.0504 e. The Bertz CT molecular complexity index is 2000. The molecular formula is C44H37N. The van der Waals surface area contributed by atoms with E-state index in [1.165, 1.54) is 55.8 Å². The van der Waals surface area contributed by atoms with Crippen LogP contribution in [0.2, 0.25) is 0 Å². The van der Waals surface area contributed by atoms with Crippen LogP contribution in [0.15, 0.2) is 170 Å². The normalized spacial score (nSPS) is 15.1. The summed E-state index contributed by atoms with van der Waals surface area (Å²) in [4.78, 5) is 2.30. The molecule has 1 aliphatic rings. The van der Waals surface area contributed by atoms with Crippen molar-refractivity contribution in [3.05, 3.63) is 198 Å². The molecule has 218 valence electrons. The molecule has 0 aliphatic heterocycles. The Morgan fingerprint density at radius 1 is 0.622 bits per heavy atom. The Morgan fingerprint density at radius 3 is 1.98 bits per heavy atom. The highest BCUT2D eigenvalue weighted by atomic mass is 15.1. The van der Waals surface area contributed by atoms with E-state index in [4.69, 9.17) is 0 Å². The fraction of sp³-hybridized carbons (Fsp3) is 0.0909. The van der Waals surface area contributed by atoms with Crippen LogP contribution >= 0.6 is 0 Å². The van der Waals surface area contributed by atoms with Crippen molar-refractivity contribution in [2.24, 2.45) is 0 Å². The van der Waals surface area contributed by atoms with Crippen molar-refractivity contribution < 1.29 is 0 Å². The van der Waals surface area contributed by atoms with Crippen LogP contribution in [-0.4, -0.2) is 7.05 Å². The third-order valence-electron chi connectivity index (χ3n) is 9.21. The van der Waals surface area contributed by atoms with Crippen LogP contribution in [0.25, 0.3) is 28.3 Å². The van der Waals surface area contributed by atoms with E-state index >= 15 is 0 Å². The number of hydrogen-bond donors (Lipinski definition) is 0. The molecule has 1 heteroatoms. The molecule has 1 aliphatic carbocycles. The summed E-state index contributed by atoms with van der Waals surface area (Å²) >= 11 is 0. The molecule has 7 rings (SSSR count). The molecule has 0 spiro atoms. The van der Waals surface area contributed by atoms with Gasteiger partial charge in [0, 0.05) is 18.4 Å². The lowest BCUT2D eigenvalue weighted by Crippen LogP contribution is -2.30. The zero-order valence-electron chi connectivity index (χ0n) is 25.9. The molecule has 6 aromatic carbocycles. The molecule has 0 heterocycles. The van der Waals surface area contributed by atoms with E-state index in [2.05, 4.69) is 182 Å². The Labute approximate surface area is 267 Å². The van der Waals surface area contributed by atoms with Gasteiger partial charge in [0.25, 0.3) is 0 Å². The molecule has 1 nitrogen and oxygen atoms in total. The van der Waals surface area contributed by atoms with E-state index in [1.54, 1.807) is 0 Å². The van der Waals surface area contributed by atoms with E-state index in [0.29, 0.717) is 0 Å². The Morgan fingerprint density at radius 2 is 1.22 bits per heavy atom. The number of rotatable bonds is 8. The van der Waals surface area contributed by atoms with Gasteiger partial charge >= 0.3 is 0 Å². The topological polar surface area (TPSA) is 3.24 Å². The van der Waals surface area contributed by atoms with Crippen LogP contribution in [0.1, 0.15) is 34.7 Å². The van der Waals surface area contributed by atoms with Gasteiger partial charge in [0.05, 0.1) is 5.41 Å². The maximum atomic E-state index is 4.10. The first-order valence-corrected chi connectivity index (χ1v) is 15.7. The third kappa shape index (κ3) is 5.21. The van der Waals surface area contributed by atoms with E-state index in [1.807, 2.05) is 6.92 Å². The predicted molar refractivity (Wildman–Crippen MR) is 192 cm³/mol. The first-order chi connectivity index (χ1) is 22.0. The fourth-order valence-corrected chi connectivity index (χ4v) is 6.92. The van der Waals surface area contributed by atoms with E-state index in [-0.39, 0.29) is 5.41 Å². The molecule has 45 heavy (non-hydrogen) atoms. The van der Waals surface area contributed by atoms with Gasteiger partial charge < -0.3 is 4.90 Å². The van der Waals surface area contributed by atoms with E-state index < -0.39 is 0 Å². The minimum absolute atomic E-state index is 0.353. The van der Waals surface area contributed by atoms with Gasteiger partial charge in [-0.3, -0.25) is 0 Å². The van der Waals surface area contributed by atoms with Crippen LogP contribution < -0.4 is 4.90 Å². The van der Waals surface area contributed by atoms with Crippen LogP contribution in [0.5, 0.6) is 0 Å². The Kier molecular flexibility index (Phi) is 7.53. The molecule has 0 amide bonds. The van der Waals surface area contributed by atoms with Gasteiger partial charge in [0.1, 0.15) is 0 Å². The van der Waals surface area contributed by atoms with Crippen molar-refractivity contribution in [3.8, 4) is 22.3 Å². The van der Waals surface area contributed by atoms with Gasteiger partial charge in [-0.2, -0.15) is 0 Å². The van der Waals surface area contributed by atoms with Gasteiger partial charge in [0.2, 0.25) is 0 Å². The Hall–Kier alpha value is -5.40. The number of fused-ring (bicyclic) bond motifs is 3. The van der Waals surface area contributed by atoms with Crippen LogP contribution in [0, 0.1) is 0 Å². The summed E-state index contributed by atoms with van der Waals surface area (Å²) in [6, 6.07) is 55.3. The molecule has 0 N–H and O–H groups in total. The number of nitrogens with zero attached hydrogens (tertiary/aromatic N) is 1. The predicted octanol–water partition coefficient (Wildman–Crippen LogP) is 11.3. The highest BCUT2D eigenvalue weighted by Gasteiger charge is 2.45. The van der Waals surface area contributed by atoms with Crippen LogP contribution in [0.3, 0.4) is 0 Å². The lowest BCUT2D eigenvalue weighted by atomic mass is 9.68. The van der Waals surface area contributed by atoms with Gasteiger partial charge in [0.15, 0.2) is 0 Å². The summed E-state index contributed by atoms with van der Waals surface area (Å²) in [6.07, 6.45) is 5.17. The molecule has 0 radical (unpaired) electrons. The van der Waals surface area contributed by atoms with Crippen molar-refractivity contribution in [1.82, 2.24) is 0 Å². The minimum Gasteiger partial charge on any atom is -0.345 e. The van der Waals surface area contributed by atoms with Crippen molar-refractivity contribution >= 4 is 17.5 Å². The second-order valence-electron chi connectivity index (χ2n) is 12.1. The molecule has 1 unspecified atom stereocenters. The Balaban J connectivity index is 1.38. The smallest absolute Gasteiger partial charge is 0.0504 e.